The third kappa shape index (κ3) is 7.15. The van der Waals surface area contributed by atoms with Crippen LogP contribution in [0.1, 0.15) is 45.8 Å². The standard InChI is InChI=1S/C22H31N7O8S/c1-3-5-8-23-18-15-19(26-22(25-18)38-9-4-2)29(28-27-15)20-17(34)16(33)12(37-20)6-7-13(30)24-11(21(35)36)10-14(31)32/h6-7,11-12,16-17,20,33-34H,3-5,8-10H2,1-2H3,(H,24,30)(H,31,32)(H,35,36)(H,23,25,26)/b7-6+/t11-,12+,16+,17+,20+/m0/s1. The Morgan fingerprint density at radius 3 is 2.58 bits per heavy atom. The quantitative estimate of drug-likeness (QED) is 0.0793. The van der Waals surface area contributed by atoms with E-state index in [9.17, 15) is 24.6 Å². The van der Waals surface area contributed by atoms with Crippen molar-refractivity contribution in [1.29, 1.82) is 0 Å². The van der Waals surface area contributed by atoms with Gasteiger partial charge in [-0.15, -0.1) is 5.10 Å². The monoisotopic (exact) mass is 553 g/mol. The van der Waals surface area contributed by atoms with Crippen molar-refractivity contribution in [3.8, 4) is 0 Å². The minimum absolute atomic E-state index is 0.286. The van der Waals surface area contributed by atoms with Crippen LogP contribution >= 0.6 is 11.8 Å². The maximum absolute atomic E-state index is 12.1. The molecule has 0 unspecified atom stereocenters. The number of fused-ring (bicyclic) bond motifs is 1. The number of hydrogen-bond acceptors (Lipinski definition) is 12. The number of nitrogens with one attached hydrogen (secondary N) is 2. The SMILES string of the molecule is CCCCNc1nc(SCCC)nc2c1nnn2[C@@H]1O[C@H](/C=C/C(=O)N[C@@H](CC(=O)O)C(=O)O)[C@@H](O)[C@H]1O. The maximum Gasteiger partial charge on any atom is 0.326 e. The molecule has 5 atom stereocenters. The van der Waals surface area contributed by atoms with Crippen molar-refractivity contribution in [2.45, 2.75) is 75.3 Å². The molecule has 1 aliphatic rings. The lowest BCUT2D eigenvalue weighted by Crippen LogP contribution is -2.41. The molecule has 2 aromatic rings. The van der Waals surface area contributed by atoms with Gasteiger partial charge in [-0.25, -0.2) is 14.8 Å². The molecule has 0 spiro atoms. The van der Waals surface area contributed by atoms with Gasteiger partial charge in [0.05, 0.1) is 6.42 Å². The summed E-state index contributed by atoms with van der Waals surface area (Å²) in [7, 11) is 0. The van der Waals surface area contributed by atoms with Crippen molar-refractivity contribution in [3.63, 3.8) is 0 Å². The van der Waals surface area contributed by atoms with Gasteiger partial charge in [-0.3, -0.25) is 9.59 Å². The van der Waals surface area contributed by atoms with Crippen molar-refractivity contribution in [2.75, 3.05) is 17.6 Å². The predicted molar refractivity (Wildman–Crippen MR) is 134 cm³/mol. The minimum atomic E-state index is -1.64. The number of unbranched alkanes of at least 4 members (excludes halogenated alkanes) is 1. The number of thioether (sulfide) groups is 1. The van der Waals surface area contributed by atoms with Crippen LogP contribution in [-0.2, 0) is 19.1 Å². The van der Waals surface area contributed by atoms with E-state index in [1.807, 2.05) is 6.92 Å². The first-order chi connectivity index (χ1) is 18.2. The number of carboxylic acid groups (broad SMARTS) is 2. The maximum atomic E-state index is 12.1. The molecule has 3 heterocycles. The summed E-state index contributed by atoms with van der Waals surface area (Å²) in [4.78, 5) is 43.2. The number of carboxylic acids is 2. The third-order valence-electron chi connectivity index (χ3n) is 5.51. The zero-order chi connectivity index (χ0) is 27.8. The fourth-order valence-electron chi connectivity index (χ4n) is 3.57. The Morgan fingerprint density at radius 2 is 1.92 bits per heavy atom. The second-order valence-electron chi connectivity index (χ2n) is 8.52. The van der Waals surface area contributed by atoms with Crippen LogP contribution in [0.4, 0.5) is 5.82 Å². The Kier molecular flexibility index (Phi) is 10.3. The summed E-state index contributed by atoms with van der Waals surface area (Å²) in [6.07, 6.45) is -1.26. The van der Waals surface area contributed by atoms with E-state index >= 15 is 0 Å². The minimum Gasteiger partial charge on any atom is -0.481 e. The lowest BCUT2D eigenvalue weighted by Gasteiger charge is -2.15. The van der Waals surface area contributed by atoms with E-state index in [0.717, 1.165) is 37.2 Å². The molecule has 0 radical (unpaired) electrons. The molecule has 1 saturated heterocycles. The first-order valence-electron chi connectivity index (χ1n) is 12.1. The van der Waals surface area contributed by atoms with Gasteiger partial charge >= 0.3 is 11.9 Å². The fraction of sp³-hybridized carbons (Fsp3) is 0.591. The average molecular weight is 554 g/mol. The Labute approximate surface area is 221 Å². The molecule has 0 bridgehead atoms. The molecule has 1 aliphatic heterocycles. The van der Waals surface area contributed by atoms with Crippen LogP contribution in [0.5, 0.6) is 0 Å². The number of anilines is 1. The molecule has 208 valence electrons. The van der Waals surface area contributed by atoms with Crippen LogP contribution in [0, 0.1) is 0 Å². The summed E-state index contributed by atoms with van der Waals surface area (Å²) in [6.45, 7) is 4.76. The molecule has 15 nitrogen and oxygen atoms in total. The number of aliphatic hydroxyl groups is 2. The largest absolute Gasteiger partial charge is 0.481 e. The fourth-order valence-corrected chi connectivity index (χ4v) is 4.26. The summed E-state index contributed by atoms with van der Waals surface area (Å²) in [5, 5.41) is 53.1. The van der Waals surface area contributed by atoms with Gasteiger partial charge in [-0.05, 0) is 18.9 Å². The summed E-state index contributed by atoms with van der Waals surface area (Å²) >= 11 is 1.45. The van der Waals surface area contributed by atoms with Gasteiger partial charge < -0.3 is 35.8 Å². The Hall–Kier alpha value is -3.34. The third-order valence-corrected chi connectivity index (χ3v) is 6.56. The number of amides is 1. The average Bonchev–Trinajstić information content (AvgIpc) is 3.41. The van der Waals surface area contributed by atoms with Gasteiger partial charge in [0.15, 0.2) is 28.4 Å². The van der Waals surface area contributed by atoms with Gasteiger partial charge in [0.25, 0.3) is 0 Å². The molecule has 3 rings (SSSR count). The first-order valence-corrected chi connectivity index (χ1v) is 13.1. The lowest BCUT2D eigenvalue weighted by atomic mass is 10.1. The molecule has 0 aliphatic carbocycles. The second-order valence-corrected chi connectivity index (χ2v) is 9.58. The van der Waals surface area contributed by atoms with Gasteiger partial charge in [0.2, 0.25) is 5.91 Å². The Balaban J connectivity index is 1.81. The summed E-state index contributed by atoms with van der Waals surface area (Å²) in [5.41, 5.74) is 0.651. The lowest BCUT2D eigenvalue weighted by molar-refractivity contribution is -0.146. The van der Waals surface area contributed by atoms with Gasteiger partial charge in [0, 0.05) is 18.4 Å². The molecule has 1 fully saturated rings. The van der Waals surface area contributed by atoms with Crippen LogP contribution in [0.15, 0.2) is 17.3 Å². The number of carbonyl (C=O) groups excluding carboxylic acids is 1. The molecular weight excluding hydrogens is 522 g/mol. The van der Waals surface area contributed by atoms with E-state index in [1.54, 1.807) is 0 Å². The number of nitrogens with zero attached hydrogens (tertiary/aromatic N) is 5. The van der Waals surface area contributed by atoms with E-state index in [4.69, 9.17) is 14.9 Å². The number of rotatable bonds is 14. The number of hydrogen-bond donors (Lipinski definition) is 6. The molecule has 2 aromatic heterocycles. The normalized spacial score (nSPS) is 22.1. The number of ether oxygens (including phenoxy) is 1. The van der Waals surface area contributed by atoms with E-state index in [0.29, 0.717) is 23.0 Å². The molecule has 0 saturated carbocycles. The molecule has 38 heavy (non-hydrogen) atoms. The number of aliphatic carboxylic acids is 2. The highest BCUT2D eigenvalue weighted by atomic mass is 32.2. The van der Waals surface area contributed by atoms with Crippen LogP contribution in [0.2, 0.25) is 0 Å². The van der Waals surface area contributed by atoms with Crippen LogP contribution in [0.25, 0.3) is 11.2 Å². The smallest absolute Gasteiger partial charge is 0.326 e. The second kappa shape index (κ2) is 13.5. The predicted octanol–water partition coefficient (Wildman–Crippen LogP) is 0.155. The van der Waals surface area contributed by atoms with E-state index in [-0.39, 0.29) is 5.65 Å². The number of carbonyl (C=O) groups is 3. The Bertz CT molecular complexity index is 1180. The molecule has 1 amide bonds. The van der Waals surface area contributed by atoms with Crippen molar-refractivity contribution in [2.24, 2.45) is 0 Å². The zero-order valence-corrected chi connectivity index (χ0v) is 21.7. The summed E-state index contributed by atoms with van der Waals surface area (Å²) < 4.78 is 7.00. The highest BCUT2D eigenvalue weighted by molar-refractivity contribution is 7.99. The van der Waals surface area contributed by atoms with E-state index in [1.165, 1.54) is 16.4 Å². The number of aliphatic hydroxyl groups excluding tert-OH is 2. The van der Waals surface area contributed by atoms with E-state index < -0.39 is 54.8 Å². The van der Waals surface area contributed by atoms with Crippen molar-refractivity contribution in [1.82, 2.24) is 30.3 Å². The van der Waals surface area contributed by atoms with Crippen LogP contribution in [0.3, 0.4) is 0 Å². The summed E-state index contributed by atoms with van der Waals surface area (Å²) in [6, 6.07) is -1.64. The highest BCUT2D eigenvalue weighted by Crippen LogP contribution is 2.33. The van der Waals surface area contributed by atoms with Gasteiger partial charge in [-0.1, -0.05) is 37.2 Å². The van der Waals surface area contributed by atoms with Crippen molar-refractivity contribution in [3.05, 3.63) is 12.2 Å². The van der Waals surface area contributed by atoms with Crippen molar-refractivity contribution >= 4 is 46.6 Å². The molecule has 16 heteroatoms. The molecule has 6 N–H and O–H groups in total. The van der Waals surface area contributed by atoms with Gasteiger partial charge in [-0.2, -0.15) is 4.68 Å². The summed E-state index contributed by atoms with van der Waals surface area (Å²) in [5.74, 6) is -2.55. The Morgan fingerprint density at radius 1 is 1.16 bits per heavy atom. The van der Waals surface area contributed by atoms with Crippen LogP contribution < -0.4 is 10.6 Å². The van der Waals surface area contributed by atoms with Crippen molar-refractivity contribution < 1.29 is 39.5 Å². The molecule has 0 aromatic carbocycles. The van der Waals surface area contributed by atoms with Crippen LogP contribution in [-0.4, -0.2) is 99.9 Å². The number of aromatic nitrogens is 5. The zero-order valence-electron chi connectivity index (χ0n) is 20.9. The van der Waals surface area contributed by atoms with E-state index in [2.05, 4.69) is 37.8 Å². The topological polar surface area (TPSA) is 222 Å². The van der Waals surface area contributed by atoms with Gasteiger partial charge in [0.1, 0.15) is 24.4 Å². The highest BCUT2D eigenvalue weighted by Gasteiger charge is 2.44. The molecular formula is C22H31N7O8S. The first kappa shape index (κ1) is 29.2.